The second-order valence-corrected chi connectivity index (χ2v) is 6.56. The number of amides is 4. The fourth-order valence-corrected chi connectivity index (χ4v) is 4.17. The first kappa shape index (κ1) is 14.9. The maximum Gasteiger partial charge on any atom is 0.320 e. The van der Waals surface area contributed by atoms with E-state index in [0.717, 1.165) is 6.42 Å². The van der Waals surface area contributed by atoms with E-state index in [9.17, 15) is 14.4 Å². The molecule has 4 rings (SSSR count). The van der Waals surface area contributed by atoms with Crippen LogP contribution in [0.2, 0.25) is 0 Å². The highest BCUT2D eigenvalue weighted by atomic mass is 16.2. The Labute approximate surface area is 139 Å². The van der Waals surface area contributed by atoms with Crippen molar-refractivity contribution in [3.63, 3.8) is 0 Å². The molecule has 7 heteroatoms. The number of rotatable bonds is 3. The highest BCUT2D eigenvalue weighted by molar-refractivity contribution is 6.07. The molecule has 1 saturated heterocycles. The minimum Gasteiger partial charge on any atom is -0.317 e. The average molecular weight is 326 g/mol. The Bertz CT molecular complexity index is 703. The van der Waals surface area contributed by atoms with Crippen LogP contribution in [0.3, 0.4) is 0 Å². The van der Waals surface area contributed by atoms with Gasteiger partial charge in [0.05, 0.1) is 23.7 Å². The maximum absolute atomic E-state index is 12.7. The zero-order chi connectivity index (χ0) is 16.8. The average Bonchev–Trinajstić information content (AvgIpc) is 3.22. The Balaban J connectivity index is 1.44. The number of fused-ring (bicyclic) bond motifs is 5. The molecule has 124 valence electrons. The molecule has 1 saturated carbocycles. The van der Waals surface area contributed by atoms with Gasteiger partial charge in [-0.2, -0.15) is 0 Å². The predicted octanol–water partition coefficient (Wildman–Crippen LogP) is 1.36. The van der Waals surface area contributed by atoms with E-state index in [2.05, 4.69) is 15.6 Å². The number of likely N-dealkylation sites (tertiary alicyclic amines) is 1. The van der Waals surface area contributed by atoms with Crippen LogP contribution < -0.4 is 10.6 Å². The topological polar surface area (TPSA) is 91.4 Å². The second kappa shape index (κ2) is 5.43. The Morgan fingerprint density at radius 2 is 1.92 bits per heavy atom. The zero-order valence-corrected chi connectivity index (χ0v) is 13.2. The molecule has 0 spiro atoms. The van der Waals surface area contributed by atoms with Crippen molar-refractivity contribution in [2.24, 2.45) is 23.7 Å². The van der Waals surface area contributed by atoms with Crippen LogP contribution >= 0.6 is 0 Å². The number of urea groups is 1. The third-order valence-electron chi connectivity index (χ3n) is 5.15. The second-order valence-electron chi connectivity index (χ2n) is 6.56. The lowest BCUT2D eigenvalue weighted by molar-refractivity contribution is -0.143. The molecule has 2 aliphatic carbocycles. The number of imide groups is 1. The zero-order valence-electron chi connectivity index (χ0n) is 13.2. The summed E-state index contributed by atoms with van der Waals surface area (Å²) in [6, 6.07) is 2.93. The first-order valence-electron chi connectivity index (χ1n) is 8.09. The van der Waals surface area contributed by atoms with Gasteiger partial charge in [0.2, 0.25) is 11.8 Å². The summed E-state index contributed by atoms with van der Waals surface area (Å²) >= 11 is 0. The van der Waals surface area contributed by atoms with E-state index in [0.29, 0.717) is 5.69 Å². The number of aromatic nitrogens is 1. The fourth-order valence-electron chi connectivity index (χ4n) is 4.17. The van der Waals surface area contributed by atoms with Gasteiger partial charge < -0.3 is 10.6 Å². The van der Waals surface area contributed by atoms with Crippen LogP contribution in [-0.4, -0.2) is 33.9 Å². The predicted molar refractivity (Wildman–Crippen MR) is 85.4 cm³/mol. The quantitative estimate of drug-likeness (QED) is 0.648. The lowest BCUT2D eigenvalue weighted by Crippen LogP contribution is -2.51. The summed E-state index contributed by atoms with van der Waals surface area (Å²) in [5.41, 5.74) is 0.542. The highest BCUT2D eigenvalue weighted by Gasteiger charge is 2.60. The first-order chi connectivity index (χ1) is 11.6. The highest BCUT2D eigenvalue weighted by Crippen LogP contribution is 2.52. The van der Waals surface area contributed by atoms with Gasteiger partial charge in [0.1, 0.15) is 6.17 Å². The third-order valence-corrected chi connectivity index (χ3v) is 5.15. The summed E-state index contributed by atoms with van der Waals surface area (Å²) in [7, 11) is 0. The van der Waals surface area contributed by atoms with Crippen LogP contribution in [0.4, 0.5) is 10.5 Å². The molecule has 7 nitrogen and oxygen atoms in total. The maximum atomic E-state index is 12.7. The van der Waals surface area contributed by atoms with Gasteiger partial charge in [0, 0.05) is 6.20 Å². The molecule has 0 radical (unpaired) electrons. The van der Waals surface area contributed by atoms with Gasteiger partial charge in [0.25, 0.3) is 0 Å². The lowest BCUT2D eigenvalue weighted by Gasteiger charge is -2.25. The number of carbonyl (C=O) groups excluding carboxylic acids is 3. The number of allylic oxidation sites excluding steroid dienone is 2. The van der Waals surface area contributed by atoms with Gasteiger partial charge in [-0.1, -0.05) is 12.2 Å². The number of nitrogens with one attached hydrogen (secondary N) is 2. The van der Waals surface area contributed by atoms with E-state index in [1.54, 1.807) is 25.3 Å². The molecule has 4 amide bonds. The van der Waals surface area contributed by atoms with E-state index in [1.807, 2.05) is 12.2 Å². The summed E-state index contributed by atoms with van der Waals surface area (Å²) in [5, 5.41) is 5.29. The molecule has 5 atom stereocenters. The van der Waals surface area contributed by atoms with Crippen LogP contribution in [0.1, 0.15) is 13.3 Å². The lowest BCUT2D eigenvalue weighted by atomic mass is 9.85. The van der Waals surface area contributed by atoms with E-state index >= 15 is 0 Å². The molecule has 2 heterocycles. The normalized spacial score (nSPS) is 31.3. The van der Waals surface area contributed by atoms with Crippen molar-refractivity contribution in [2.45, 2.75) is 19.5 Å². The molecule has 1 aromatic rings. The largest absolute Gasteiger partial charge is 0.320 e. The molecule has 2 N–H and O–H groups in total. The van der Waals surface area contributed by atoms with Crippen molar-refractivity contribution in [2.75, 3.05) is 5.32 Å². The summed E-state index contributed by atoms with van der Waals surface area (Å²) in [6.07, 6.45) is 7.43. The minimum atomic E-state index is -0.688. The smallest absolute Gasteiger partial charge is 0.317 e. The Morgan fingerprint density at radius 3 is 2.50 bits per heavy atom. The third kappa shape index (κ3) is 2.19. The summed E-state index contributed by atoms with van der Waals surface area (Å²) in [6.45, 7) is 1.65. The van der Waals surface area contributed by atoms with Crippen molar-refractivity contribution in [3.05, 3.63) is 36.7 Å². The van der Waals surface area contributed by atoms with E-state index in [1.165, 1.54) is 11.1 Å². The Hall–Kier alpha value is -2.70. The van der Waals surface area contributed by atoms with Crippen LogP contribution in [0.15, 0.2) is 36.7 Å². The Kier molecular flexibility index (Phi) is 3.37. The first-order valence-corrected chi connectivity index (χ1v) is 8.09. The Morgan fingerprint density at radius 1 is 1.25 bits per heavy atom. The van der Waals surface area contributed by atoms with Crippen LogP contribution in [-0.2, 0) is 9.59 Å². The number of anilines is 1. The summed E-state index contributed by atoms with van der Waals surface area (Å²) in [5.74, 6) is -0.515. The minimum absolute atomic E-state index is 0.165. The van der Waals surface area contributed by atoms with Crippen molar-refractivity contribution < 1.29 is 14.4 Å². The summed E-state index contributed by atoms with van der Waals surface area (Å²) < 4.78 is 0. The number of hydrogen-bond acceptors (Lipinski definition) is 4. The van der Waals surface area contributed by atoms with Crippen molar-refractivity contribution in [3.8, 4) is 0 Å². The molecule has 1 aromatic heterocycles. The van der Waals surface area contributed by atoms with Gasteiger partial charge in [0.15, 0.2) is 0 Å². The molecule has 24 heavy (non-hydrogen) atoms. The van der Waals surface area contributed by atoms with Crippen molar-refractivity contribution in [1.82, 2.24) is 15.2 Å². The number of carbonyl (C=O) groups is 3. The van der Waals surface area contributed by atoms with Gasteiger partial charge >= 0.3 is 6.03 Å². The number of nitrogens with zero attached hydrogens (tertiary/aromatic N) is 2. The molecular weight excluding hydrogens is 308 g/mol. The summed E-state index contributed by atoms with van der Waals surface area (Å²) in [4.78, 5) is 42.5. The van der Waals surface area contributed by atoms with Gasteiger partial charge in [-0.3, -0.25) is 19.5 Å². The number of pyridine rings is 1. The van der Waals surface area contributed by atoms with Crippen LogP contribution in [0.25, 0.3) is 0 Å². The number of hydrogen-bond donors (Lipinski definition) is 2. The standard InChI is InChI=1S/C17H18N4O3/c1-9(19-17(24)20-12-3-2-6-18-8-12)21-15(22)13-10-4-5-11(7-10)14(13)16(21)23/h2-6,8-11,13-14H,7H2,1H3,(H2,19,20,24). The van der Waals surface area contributed by atoms with Gasteiger partial charge in [-0.15, -0.1) is 0 Å². The fraction of sp³-hybridized carbons (Fsp3) is 0.412. The molecule has 1 aliphatic heterocycles. The molecule has 5 unspecified atom stereocenters. The SMILES string of the molecule is CC(NC(=O)Nc1cccnc1)N1C(=O)C2C3C=CC(C3)C2C1=O. The monoisotopic (exact) mass is 326 g/mol. The molecule has 2 fully saturated rings. The van der Waals surface area contributed by atoms with Crippen LogP contribution in [0.5, 0.6) is 0 Å². The van der Waals surface area contributed by atoms with Gasteiger partial charge in [-0.25, -0.2) is 4.79 Å². The van der Waals surface area contributed by atoms with Gasteiger partial charge in [-0.05, 0) is 37.3 Å². The molecule has 0 aromatic carbocycles. The van der Waals surface area contributed by atoms with E-state index in [-0.39, 0.29) is 35.5 Å². The van der Waals surface area contributed by atoms with Crippen molar-refractivity contribution >= 4 is 23.5 Å². The molecule has 3 aliphatic rings. The van der Waals surface area contributed by atoms with Crippen molar-refractivity contribution in [1.29, 1.82) is 0 Å². The van der Waals surface area contributed by atoms with E-state index in [4.69, 9.17) is 0 Å². The van der Waals surface area contributed by atoms with Crippen LogP contribution in [0, 0.1) is 23.7 Å². The molecular formula is C17H18N4O3. The van der Waals surface area contributed by atoms with E-state index < -0.39 is 12.2 Å². The molecule has 2 bridgehead atoms.